The van der Waals surface area contributed by atoms with Crippen molar-refractivity contribution in [2.24, 2.45) is 0 Å². The van der Waals surface area contributed by atoms with Crippen LogP contribution < -0.4 is 9.80 Å². The van der Waals surface area contributed by atoms with Gasteiger partial charge in [0.15, 0.2) is 11.6 Å². The fourth-order valence-corrected chi connectivity index (χ4v) is 3.37. The third-order valence-corrected chi connectivity index (χ3v) is 4.79. The summed E-state index contributed by atoms with van der Waals surface area (Å²) in [4.78, 5) is 14.1. The van der Waals surface area contributed by atoms with Crippen LogP contribution in [0.4, 0.5) is 23.0 Å². The summed E-state index contributed by atoms with van der Waals surface area (Å²) in [6, 6.07) is 20.5. The molecule has 1 unspecified atom stereocenters. The Morgan fingerprint density at radius 1 is 0.857 bits per heavy atom. The van der Waals surface area contributed by atoms with Gasteiger partial charge < -0.3 is 4.74 Å². The maximum absolute atomic E-state index is 6.22. The summed E-state index contributed by atoms with van der Waals surface area (Å²) < 4.78 is 6.22. The normalized spacial score (nSPS) is 16.4. The van der Waals surface area contributed by atoms with E-state index in [2.05, 4.69) is 54.8 Å². The van der Waals surface area contributed by atoms with Crippen molar-refractivity contribution < 1.29 is 4.74 Å². The van der Waals surface area contributed by atoms with Crippen molar-refractivity contribution in [3.63, 3.8) is 0 Å². The van der Waals surface area contributed by atoms with Crippen LogP contribution in [0.25, 0.3) is 0 Å². The molecule has 0 aliphatic carbocycles. The van der Waals surface area contributed by atoms with Crippen molar-refractivity contribution in [2.45, 2.75) is 39.5 Å². The lowest BCUT2D eigenvalue weighted by molar-refractivity contribution is 0.0767. The average molecular weight is 374 g/mol. The molecule has 144 valence electrons. The predicted octanol–water partition coefficient (Wildman–Crippen LogP) is 5.38. The molecule has 1 aliphatic heterocycles. The topological polar surface area (TPSA) is 41.5 Å². The van der Waals surface area contributed by atoms with Crippen molar-refractivity contribution in [2.75, 3.05) is 16.4 Å². The Morgan fingerprint density at radius 2 is 1.39 bits per heavy atom. The second-order valence-corrected chi connectivity index (χ2v) is 7.85. The highest BCUT2D eigenvalue weighted by atomic mass is 16.5. The summed E-state index contributed by atoms with van der Waals surface area (Å²) in [7, 11) is 0. The van der Waals surface area contributed by atoms with Crippen molar-refractivity contribution in [1.82, 2.24) is 9.97 Å². The summed E-state index contributed by atoms with van der Waals surface area (Å²) in [5.74, 6) is 1.63. The smallest absolute Gasteiger partial charge is 0.221 e. The van der Waals surface area contributed by atoms with Gasteiger partial charge in [-0.2, -0.15) is 0 Å². The van der Waals surface area contributed by atoms with E-state index in [1.54, 1.807) is 0 Å². The first-order chi connectivity index (χ1) is 13.5. The van der Waals surface area contributed by atoms with Gasteiger partial charge in [0.2, 0.25) is 6.35 Å². The Labute approximate surface area is 166 Å². The molecule has 5 nitrogen and oxygen atoms in total. The molecule has 4 rings (SSSR count). The van der Waals surface area contributed by atoms with Crippen LogP contribution in [0.15, 0.2) is 66.9 Å². The van der Waals surface area contributed by atoms with Gasteiger partial charge in [-0.05, 0) is 31.2 Å². The van der Waals surface area contributed by atoms with Crippen molar-refractivity contribution in [1.29, 1.82) is 0 Å². The summed E-state index contributed by atoms with van der Waals surface area (Å²) in [6.07, 6.45) is 1.53. The zero-order chi connectivity index (χ0) is 19.7. The minimum Gasteiger partial charge on any atom is -0.340 e. The molecule has 0 spiro atoms. The van der Waals surface area contributed by atoms with Crippen LogP contribution in [0.1, 0.15) is 33.4 Å². The van der Waals surface area contributed by atoms with Gasteiger partial charge in [0.1, 0.15) is 0 Å². The molecule has 2 heterocycles. The first kappa shape index (κ1) is 18.4. The Kier molecular flexibility index (Phi) is 4.77. The number of anilines is 4. The van der Waals surface area contributed by atoms with Crippen molar-refractivity contribution in [3.8, 4) is 0 Å². The molecule has 1 aliphatic rings. The van der Waals surface area contributed by atoms with Crippen LogP contribution in [0.3, 0.4) is 0 Å². The Morgan fingerprint density at radius 3 is 1.89 bits per heavy atom. The number of ether oxygens (including phenoxy) is 1. The maximum atomic E-state index is 6.22. The Bertz CT molecular complexity index is 938. The molecule has 0 N–H and O–H groups in total. The van der Waals surface area contributed by atoms with E-state index in [9.17, 15) is 0 Å². The number of fused-ring (bicyclic) bond motifs is 1. The number of aromatic nitrogens is 2. The molecule has 0 fully saturated rings. The van der Waals surface area contributed by atoms with Crippen molar-refractivity contribution >= 4 is 23.0 Å². The van der Waals surface area contributed by atoms with E-state index in [1.165, 1.54) is 0 Å². The van der Waals surface area contributed by atoms with Gasteiger partial charge in [0.25, 0.3) is 0 Å². The van der Waals surface area contributed by atoms with E-state index in [1.807, 2.05) is 49.5 Å². The van der Waals surface area contributed by atoms with Crippen LogP contribution >= 0.6 is 0 Å². The minimum absolute atomic E-state index is 0.0916. The SMILES string of the molecule is CCOC1N(c2ccccc2)c2ncc(C(C)(C)C)nc2N1c1ccccc1. The van der Waals surface area contributed by atoms with Gasteiger partial charge in [-0.25, -0.2) is 9.97 Å². The van der Waals surface area contributed by atoms with Crippen LogP contribution in [0.5, 0.6) is 0 Å². The van der Waals surface area contributed by atoms with Crippen LogP contribution in [-0.4, -0.2) is 22.9 Å². The quantitative estimate of drug-likeness (QED) is 0.613. The van der Waals surface area contributed by atoms with E-state index in [4.69, 9.17) is 14.7 Å². The third kappa shape index (κ3) is 3.22. The van der Waals surface area contributed by atoms with E-state index >= 15 is 0 Å². The van der Waals surface area contributed by atoms with Gasteiger partial charge in [0, 0.05) is 23.4 Å². The summed E-state index contributed by atoms with van der Waals surface area (Å²) in [6.45, 7) is 9.05. The van der Waals surface area contributed by atoms with Gasteiger partial charge in [-0.3, -0.25) is 9.80 Å². The zero-order valence-corrected chi connectivity index (χ0v) is 16.8. The number of rotatable bonds is 4. The van der Waals surface area contributed by atoms with Crippen LogP contribution in [-0.2, 0) is 10.2 Å². The molecule has 0 saturated heterocycles. The lowest BCUT2D eigenvalue weighted by Crippen LogP contribution is -2.40. The number of nitrogens with zero attached hydrogens (tertiary/aromatic N) is 4. The largest absolute Gasteiger partial charge is 0.340 e. The van der Waals surface area contributed by atoms with Crippen LogP contribution in [0.2, 0.25) is 0 Å². The molecule has 3 aromatic rings. The van der Waals surface area contributed by atoms with Gasteiger partial charge in [-0.1, -0.05) is 57.2 Å². The number of para-hydroxylation sites is 2. The molecular weight excluding hydrogens is 348 g/mol. The van der Waals surface area contributed by atoms with Crippen LogP contribution in [0, 0.1) is 0 Å². The lowest BCUT2D eigenvalue weighted by atomic mass is 9.93. The highest BCUT2D eigenvalue weighted by molar-refractivity contribution is 5.82. The number of hydrogen-bond donors (Lipinski definition) is 0. The summed E-state index contributed by atoms with van der Waals surface area (Å²) in [5.41, 5.74) is 2.92. The molecule has 0 amide bonds. The highest BCUT2D eigenvalue weighted by Gasteiger charge is 2.41. The number of hydrogen-bond acceptors (Lipinski definition) is 5. The number of benzene rings is 2. The second-order valence-electron chi connectivity index (χ2n) is 7.85. The molecule has 1 aromatic heterocycles. The first-order valence-electron chi connectivity index (χ1n) is 9.68. The zero-order valence-electron chi connectivity index (χ0n) is 16.8. The van der Waals surface area contributed by atoms with E-state index in [-0.39, 0.29) is 11.8 Å². The molecule has 5 heteroatoms. The van der Waals surface area contributed by atoms with E-state index in [0.717, 1.165) is 28.7 Å². The predicted molar refractivity (Wildman–Crippen MR) is 113 cm³/mol. The standard InChI is InChI=1S/C23H26N4O/c1-5-28-22-26(17-12-8-6-9-13-17)20-21(25-19(16-24-20)23(2,3)4)27(22)18-14-10-7-11-15-18/h6-16,22H,5H2,1-4H3. The minimum atomic E-state index is -0.347. The molecular formula is C23H26N4O. The van der Waals surface area contributed by atoms with E-state index < -0.39 is 0 Å². The second kappa shape index (κ2) is 7.24. The third-order valence-electron chi connectivity index (χ3n) is 4.79. The first-order valence-corrected chi connectivity index (χ1v) is 9.68. The van der Waals surface area contributed by atoms with E-state index in [0.29, 0.717) is 6.61 Å². The molecule has 2 aromatic carbocycles. The fraction of sp³-hybridized carbons (Fsp3) is 0.304. The Balaban J connectivity index is 1.93. The maximum Gasteiger partial charge on any atom is 0.221 e. The van der Waals surface area contributed by atoms with Gasteiger partial charge in [0.05, 0.1) is 11.9 Å². The summed E-state index contributed by atoms with van der Waals surface area (Å²) >= 11 is 0. The fourth-order valence-electron chi connectivity index (χ4n) is 3.37. The highest BCUT2D eigenvalue weighted by Crippen LogP contribution is 2.46. The molecule has 0 saturated carbocycles. The Hall–Kier alpha value is -2.92. The monoisotopic (exact) mass is 374 g/mol. The van der Waals surface area contributed by atoms with Gasteiger partial charge >= 0.3 is 0 Å². The average Bonchev–Trinajstić information content (AvgIpc) is 3.02. The van der Waals surface area contributed by atoms with Gasteiger partial charge in [-0.15, -0.1) is 0 Å². The molecule has 0 bridgehead atoms. The lowest BCUT2D eigenvalue weighted by Gasteiger charge is -2.31. The van der Waals surface area contributed by atoms with Crippen molar-refractivity contribution in [3.05, 3.63) is 72.6 Å². The molecule has 0 radical (unpaired) electrons. The molecule has 28 heavy (non-hydrogen) atoms. The molecule has 1 atom stereocenters. The summed E-state index contributed by atoms with van der Waals surface area (Å²) in [5, 5.41) is 0.